The van der Waals surface area contributed by atoms with E-state index in [1.807, 2.05) is 4.90 Å². The van der Waals surface area contributed by atoms with Crippen molar-refractivity contribution in [3.8, 4) is 0 Å². The topological polar surface area (TPSA) is 95.2 Å². The van der Waals surface area contributed by atoms with Gasteiger partial charge in [-0.2, -0.15) is 4.99 Å². The van der Waals surface area contributed by atoms with Crippen LogP contribution < -0.4 is 16.4 Å². The van der Waals surface area contributed by atoms with E-state index in [0.717, 1.165) is 24.9 Å². The van der Waals surface area contributed by atoms with E-state index in [4.69, 9.17) is 10.5 Å². The smallest absolute Gasteiger partial charge is 0.292 e. The SMILES string of the molecule is CCCCO/C1=N/C(N)=C/NC(=O)CN(Cc2ccc(CN3CCCC3)cc2)CN1. The quantitative estimate of drug-likeness (QED) is 0.588. The first-order valence-corrected chi connectivity index (χ1v) is 10.9. The van der Waals surface area contributed by atoms with E-state index in [9.17, 15) is 4.79 Å². The lowest BCUT2D eigenvalue weighted by atomic mass is 10.1. The third-order valence-corrected chi connectivity index (χ3v) is 5.20. The first kappa shape index (κ1) is 22.1. The number of carbonyl (C=O) groups is 1. The van der Waals surface area contributed by atoms with Crippen LogP contribution in [0.4, 0.5) is 0 Å². The Morgan fingerprint density at radius 1 is 1.10 bits per heavy atom. The van der Waals surface area contributed by atoms with Crippen molar-refractivity contribution in [1.82, 2.24) is 20.4 Å². The Labute approximate surface area is 179 Å². The molecule has 2 aliphatic heterocycles. The molecule has 0 radical (unpaired) electrons. The molecule has 0 unspecified atom stereocenters. The molecule has 0 saturated carbocycles. The van der Waals surface area contributed by atoms with Crippen molar-refractivity contribution in [2.24, 2.45) is 10.7 Å². The zero-order chi connectivity index (χ0) is 21.2. The number of nitrogens with zero attached hydrogens (tertiary/aromatic N) is 3. The fraction of sp³-hybridized carbons (Fsp3) is 0.545. The van der Waals surface area contributed by atoms with E-state index in [-0.39, 0.29) is 18.3 Å². The number of unbranched alkanes of at least 4 members (excludes halogenated alkanes) is 1. The summed E-state index contributed by atoms with van der Waals surface area (Å²) in [5.41, 5.74) is 8.32. The van der Waals surface area contributed by atoms with E-state index in [2.05, 4.69) is 51.7 Å². The lowest BCUT2D eigenvalue weighted by Crippen LogP contribution is -2.44. The fourth-order valence-electron chi connectivity index (χ4n) is 3.54. The fourth-order valence-corrected chi connectivity index (χ4v) is 3.54. The molecule has 30 heavy (non-hydrogen) atoms. The molecule has 4 N–H and O–H groups in total. The summed E-state index contributed by atoms with van der Waals surface area (Å²) in [7, 11) is 0. The van der Waals surface area contributed by atoms with Gasteiger partial charge in [0.05, 0.1) is 19.8 Å². The molecule has 164 valence electrons. The van der Waals surface area contributed by atoms with Gasteiger partial charge in [0, 0.05) is 19.3 Å². The Bertz CT molecular complexity index is 740. The second-order valence-electron chi connectivity index (χ2n) is 7.88. The molecule has 8 nitrogen and oxygen atoms in total. The minimum absolute atomic E-state index is 0.129. The highest BCUT2D eigenvalue weighted by Gasteiger charge is 2.15. The molecule has 0 bridgehead atoms. The van der Waals surface area contributed by atoms with Gasteiger partial charge >= 0.3 is 0 Å². The number of hydrogen-bond acceptors (Lipinski definition) is 7. The van der Waals surface area contributed by atoms with Crippen LogP contribution in [0.25, 0.3) is 0 Å². The Hall–Kier alpha value is -2.58. The van der Waals surface area contributed by atoms with Gasteiger partial charge in [-0.05, 0) is 43.5 Å². The number of benzene rings is 1. The summed E-state index contributed by atoms with van der Waals surface area (Å²) in [6.07, 6.45) is 5.99. The van der Waals surface area contributed by atoms with Gasteiger partial charge in [0.1, 0.15) is 5.82 Å². The number of amides is 1. The van der Waals surface area contributed by atoms with Crippen molar-refractivity contribution < 1.29 is 9.53 Å². The van der Waals surface area contributed by atoms with E-state index in [1.165, 1.54) is 37.7 Å². The van der Waals surface area contributed by atoms with Crippen molar-refractivity contribution in [2.75, 3.05) is 32.9 Å². The third-order valence-electron chi connectivity index (χ3n) is 5.20. The maximum atomic E-state index is 12.2. The van der Waals surface area contributed by atoms with Crippen LogP contribution in [0, 0.1) is 0 Å². The summed E-state index contributed by atoms with van der Waals surface area (Å²) >= 11 is 0. The lowest BCUT2D eigenvalue weighted by molar-refractivity contribution is -0.121. The van der Waals surface area contributed by atoms with Crippen LogP contribution in [0.5, 0.6) is 0 Å². The largest absolute Gasteiger partial charge is 0.465 e. The molecule has 2 aliphatic rings. The standard InChI is InChI=1S/C22H34N6O2/c1-2-3-12-30-22-25-17-28(16-21(29)24-13-20(23)26-22)15-19-8-6-18(7-9-19)14-27-10-4-5-11-27/h6-9,13H,2-5,10-12,14-17,23H2,1H3,(H,24,29)(H,25,26)/b20-13+. The lowest BCUT2D eigenvalue weighted by Gasteiger charge is -2.24. The van der Waals surface area contributed by atoms with Crippen LogP contribution in [0.2, 0.25) is 0 Å². The molecule has 0 atom stereocenters. The number of likely N-dealkylation sites (tertiary alicyclic amines) is 1. The Kier molecular flexibility index (Phi) is 8.53. The highest BCUT2D eigenvalue weighted by molar-refractivity contribution is 5.80. The minimum atomic E-state index is -0.129. The summed E-state index contributed by atoms with van der Waals surface area (Å²) in [6, 6.07) is 9.04. The molecule has 1 aromatic rings. The molecular weight excluding hydrogens is 380 g/mol. The van der Waals surface area contributed by atoms with E-state index in [0.29, 0.717) is 25.8 Å². The molecule has 0 aliphatic carbocycles. The zero-order valence-corrected chi connectivity index (χ0v) is 17.9. The van der Waals surface area contributed by atoms with Gasteiger partial charge in [-0.25, -0.2) is 0 Å². The normalized spacial score (nSPS) is 22.4. The average Bonchev–Trinajstić information content (AvgIpc) is 3.24. The van der Waals surface area contributed by atoms with Gasteiger partial charge in [-0.1, -0.05) is 37.6 Å². The van der Waals surface area contributed by atoms with Crippen molar-refractivity contribution in [3.05, 3.63) is 47.4 Å². The molecule has 0 spiro atoms. The molecular formula is C22H34N6O2. The van der Waals surface area contributed by atoms with Crippen molar-refractivity contribution in [3.63, 3.8) is 0 Å². The summed E-state index contributed by atoms with van der Waals surface area (Å²) in [4.78, 5) is 20.9. The van der Waals surface area contributed by atoms with Crippen molar-refractivity contribution >= 4 is 11.9 Å². The monoisotopic (exact) mass is 414 g/mol. The Morgan fingerprint density at radius 2 is 1.77 bits per heavy atom. The van der Waals surface area contributed by atoms with Crippen LogP contribution in [-0.2, 0) is 22.6 Å². The average molecular weight is 415 g/mol. The zero-order valence-electron chi connectivity index (χ0n) is 17.9. The van der Waals surface area contributed by atoms with E-state index >= 15 is 0 Å². The number of hydrogen-bond donors (Lipinski definition) is 3. The molecule has 1 amide bonds. The van der Waals surface area contributed by atoms with E-state index < -0.39 is 0 Å². The molecule has 2 heterocycles. The summed E-state index contributed by atoms with van der Waals surface area (Å²) < 4.78 is 5.70. The van der Waals surface area contributed by atoms with Gasteiger partial charge in [0.25, 0.3) is 6.02 Å². The predicted octanol–water partition coefficient (Wildman–Crippen LogP) is 1.69. The van der Waals surface area contributed by atoms with Crippen molar-refractivity contribution in [1.29, 1.82) is 0 Å². The molecule has 1 aromatic carbocycles. The molecule has 8 heteroatoms. The van der Waals surface area contributed by atoms with Crippen LogP contribution in [0.15, 0.2) is 41.3 Å². The number of rotatable bonds is 7. The van der Waals surface area contributed by atoms with Crippen molar-refractivity contribution in [2.45, 2.75) is 45.7 Å². The second-order valence-corrected chi connectivity index (χ2v) is 7.88. The van der Waals surface area contributed by atoms with Crippen LogP contribution in [-0.4, -0.2) is 54.6 Å². The Balaban J connectivity index is 1.59. The van der Waals surface area contributed by atoms with Crippen LogP contribution in [0.1, 0.15) is 43.7 Å². The van der Waals surface area contributed by atoms with Crippen LogP contribution >= 0.6 is 0 Å². The Morgan fingerprint density at radius 3 is 2.43 bits per heavy atom. The number of amidine groups is 1. The van der Waals surface area contributed by atoms with E-state index in [1.54, 1.807) is 0 Å². The maximum Gasteiger partial charge on any atom is 0.292 e. The highest BCUT2D eigenvalue weighted by Crippen LogP contribution is 2.14. The summed E-state index contributed by atoms with van der Waals surface area (Å²) in [6.45, 7) is 7.39. The van der Waals surface area contributed by atoms with Gasteiger partial charge in [-0.3, -0.25) is 14.6 Å². The van der Waals surface area contributed by atoms with Crippen LogP contribution in [0.3, 0.4) is 0 Å². The third kappa shape index (κ3) is 7.35. The van der Waals surface area contributed by atoms with Gasteiger partial charge in [-0.15, -0.1) is 0 Å². The first-order chi connectivity index (χ1) is 14.6. The number of aliphatic imine (C=N–C) groups is 1. The summed E-state index contributed by atoms with van der Waals surface area (Å²) in [5, 5.41) is 5.87. The highest BCUT2D eigenvalue weighted by atomic mass is 16.5. The predicted molar refractivity (Wildman–Crippen MR) is 118 cm³/mol. The van der Waals surface area contributed by atoms with Gasteiger partial charge < -0.3 is 21.1 Å². The second kappa shape index (κ2) is 11.6. The number of nitrogens with one attached hydrogen (secondary N) is 2. The molecule has 0 aromatic heterocycles. The van der Waals surface area contributed by atoms with Gasteiger partial charge in [0.2, 0.25) is 5.91 Å². The molecule has 3 rings (SSSR count). The minimum Gasteiger partial charge on any atom is -0.465 e. The molecule has 1 saturated heterocycles. The number of ether oxygens (including phenoxy) is 1. The first-order valence-electron chi connectivity index (χ1n) is 10.9. The maximum absolute atomic E-state index is 12.2. The number of carbonyl (C=O) groups excluding carboxylic acids is 1. The molecule has 1 fully saturated rings. The number of nitrogens with two attached hydrogens (primary N) is 1. The van der Waals surface area contributed by atoms with Gasteiger partial charge in [0.15, 0.2) is 0 Å². The summed E-state index contributed by atoms with van der Waals surface area (Å²) in [5.74, 6) is 0.0698.